The standard InChI is InChI=1S/C15H18FNO4/c1-15(2,3)21-14(20)17-6-4-5-10-7-11(9-18)13(19)12(16)8-10/h4-5,7-9,19H,6H2,1-3H3,(H,17,20). The zero-order valence-electron chi connectivity index (χ0n) is 12.1. The lowest BCUT2D eigenvalue weighted by molar-refractivity contribution is 0.0534. The second-order valence-corrected chi connectivity index (χ2v) is 5.34. The van der Waals surface area contributed by atoms with Gasteiger partial charge in [-0.1, -0.05) is 12.2 Å². The fourth-order valence-corrected chi connectivity index (χ4v) is 1.48. The van der Waals surface area contributed by atoms with E-state index in [1.54, 1.807) is 26.8 Å². The fraction of sp³-hybridized carbons (Fsp3) is 0.333. The second-order valence-electron chi connectivity index (χ2n) is 5.34. The van der Waals surface area contributed by atoms with Gasteiger partial charge in [0.25, 0.3) is 0 Å². The molecule has 0 aliphatic carbocycles. The summed E-state index contributed by atoms with van der Waals surface area (Å²) in [6, 6.07) is 2.43. The van der Waals surface area contributed by atoms with Crippen molar-refractivity contribution < 1.29 is 23.8 Å². The number of halogens is 1. The van der Waals surface area contributed by atoms with Crippen LogP contribution in [-0.4, -0.2) is 29.6 Å². The SMILES string of the molecule is CC(C)(C)OC(=O)NCC=Cc1cc(F)c(O)c(C=O)c1. The van der Waals surface area contributed by atoms with Crippen LogP contribution in [0.2, 0.25) is 0 Å². The molecule has 0 spiro atoms. The number of nitrogens with one attached hydrogen (secondary N) is 1. The number of carbonyl (C=O) groups excluding carboxylic acids is 2. The maximum Gasteiger partial charge on any atom is 0.407 e. The molecule has 5 nitrogen and oxygen atoms in total. The number of aldehydes is 1. The van der Waals surface area contributed by atoms with Gasteiger partial charge in [0.1, 0.15) is 5.60 Å². The summed E-state index contributed by atoms with van der Waals surface area (Å²) in [5, 5.41) is 11.8. The van der Waals surface area contributed by atoms with E-state index in [2.05, 4.69) is 5.32 Å². The zero-order chi connectivity index (χ0) is 16.0. The van der Waals surface area contributed by atoms with Crippen LogP contribution in [0.15, 0.2) is 18.2 Å². The van der Waals surface area contributed by atoms with E-state index < -0.39 is 23.3 Å². The Morgan fingerprint density at radius 1 is 1.43 bits per heavy atom. The van der Waals surface area contributed by atoms with Gasteiger partial charge < -0.3 is 15.2 Å². The summed E-state index contributed by atoms with van der Waals surface area (Å²) in [6.45, 7) is 5.45. The Bertz CT molecular complexity index is 562. The normalized spacial score (nSPS) is 11.4. The largest absolute Gasteiger partial charge is 0.504 e. The van der Waals surface area contributed by atoms with Gasteiger partial charge in [-0.25, -0.2) is 9.18 Å². The smallest absolute Gasteiger partial charge is 0.407 e. The van der Waals surface area contributed by atoms with Crippen molar-refractivity contribution in [1.29, 1.82) is 0 Å². The second kappa shape index (κ2) is 6.88. The van der Waals surface area contributed by atoms with Gasteiger partial charge in [-0.2, -0.15) is 0 Å². The first-order valence-electron chi connectivity index (χ1n) is 6.34. The van der Waals surface area contributed by atoms with Gasteiger partial charge in [-0.05, 0) is 38.5 Å². The maximum absolute atomic E-state index is 13.3. The molecular weight excluding hydrogens is 277 g/mol. The topological polar surface area (TPSA) is 75.6 Å². The Balaban J connectivity index is 2.60. The number of hydrogen-bond acceptors (Lipinski definition) is 4. The van der Waals surface area contributed by atoms with Crippen LogP contribution in [0.1, 0.15) is 36.7 Å². The van der Waals surface area contributed by atoms with Gasteiger partial charge in [-0.15, -0.1) is 0 Å². The highest BCUT2D eigenvalue weighted by Gasteiger charge is 2.15. The molecule has 0 aliphatic rings. The van der Waals surface area contributed by atoms with E-state index in [1.807, 2.05) is 0 Å². The van der Waals surface area contributed by atoms with E-state index in [0.29, 0.717) is 11.8 Å². The maximum atomic E-state index is 13.3. The van der Waals surface area contributed by atoms with Crippen molar-refractivity contribution in [3.05, 3.63) is 35.2 Å². The molecule has 0 unspecified atom stereocenters. The molecule has 1 aromatic carbocycles. The number of amides is 1. The molecular formula is C15H18FNO4. The van der Waals surface area contributed by atoms with Gasteiger partial charge in [0, 0.05) is 6.54 Å². The van der Waals surface area contributed by atoms with E-state index >= 15 is 0 Å². The summed E-state index contributed by atoms with van der Waals surface area (Å²) in [7, 11) is 0. The number of carbonyl (C=O) groups is 2. The van der Waals surface area contributed by atoms with Gasteiger partial charge >= 0.3 is 6.09 Å². The van der Waals surface area contributed by atoms with E-state index in [-0.39, 0.29) is 12.1 Å². The Hall–Kier alpha value is -2.37. The first-order valence-corrected chi connectivity index (χ1v) is 6.34. The molecule has 114 valence electrons. The lowest BCUT2D eigenvalue weighted by Crippen LogP contribution is -2.32. The molecule has 0 heterocycles. The molecule has 0 radical (unpaired) electrons. The molecule has 0 aromatic heterocycles. The van der Waals surface area contributed by atoms with Crippen molar-refractivity contribution in [2.75, 3.05) is 6.54 Å². The summed E-state index contributed by atoms with van der Waals surface area (Å²) in [5.41, 5.74) is -0.305. The minimum absolute atomic E-state index is 0.130. The van der Waals surface area contributed by atoms with Crippen molar-refractivity contribution in [2.24, 2.45) is 0 Å². The lowest BCUT2D eigenvalue weighted by Gasteiger charge is -2.19. The minimum Gasteiger partial charge on any atom is -0.504 e. The van der Waals surface area contributed by atoms with Gasteiger partial charge in [0.2, 0.25) is 0 Å². The number of rotatable bonds is 4. The molecule has 21 heavy (non-hydrogen) atoms. The highest BCUT2D eigenvalue weighted by molar-refractivity contribution is 5.80. The van der Waals surface area contributed by atoms with Gasteiger partial charge in [-0.3, -0.25) is 4.79 Å². The number of hydrogen-bond donors (Lipinski definition) is 2. The number of alkyl carbamates (subject to hydrolysis) is 1. The molecule has 1 rings (SSSR count). The van der Waals surface area contributed by atoms with Crippen LogP contribution in [0.25, 0.3) is 6.08 Å². The molecule has 2 N–H and O–H groups in total. The van der Waals surface area contributed by atoms with Crippen LogP contribution in [0.4, 0.5) is 9.18 Å². The summed E-state index contributed by atoms with van der Waals surface area (Å²) in [6.07, 6.45) is 2.91. The van der Waals surface area contributed by atoms with Gasteiger partial charge in [0.05, 0.1) is 5.56 Å². The summed E-state index contributed by atoms with van der Waals surface area (Å²) >= 11 is 0. The number of benzene rings is 1. The zero-order valence-corrected chi connectivity index (χ0v) is 12.1. The summed E-state index contributed by atoms with van der Waals surface area (Å²) in [4.78, 5) is 22.0. The first kappa shape index (κ1) is 16.7. The molecule has 0 fully saturated rings. The highest BCUT2D eigenvalue weighted by atomic mass is 19.1. The van der Waals surface area contributed by atoms with Crippen molar-refractivity contribution in [3.63, 3.8) is 0 Å². The Morgan fingerprint density at radius 3 is 2.67 bits per heavy atom. The van der Waals surface area contributed by atoms with E-state index in [1.165, 1.54) is 12.1 Å². The van der Waals surface area contributed by atoms with Crippen LogP contribution < -0.4 is 5.32 Å². The first-order chi connectivity index (χ1) is 9.73. The number of phenols is 1. The minimum atomic E-state index is -0.876. The van der Waals surface area contributed by atoms with Crippen molar-refractivity contribution >= 4 is 18.5 Å². The van der Waals surface area contributed by atoms with E-state index in [9.17, 15) is 19.1 Å². The third kappa shape index (κ3) is 5.64. The van der Waals surface area contributed by atoms with Crippen LogP contribution in [0.5, 0.6) is 5.75 Å². The van der Waals surface area contributed by atoms with Crippen molar-refractivity contribution in [1.82, 2.24) is 5.32 Å². The predicted octanol–water partition coefficient (Wildman–Crippen LogP) is 2.88. The molecule has 1 amide bonds. The van der Waals surface area contributed by atoms with E-state index in [0.717, 1.165) is 6.07 Å². The number of ether oxygens (including phenoxy) is 1. The van der Waals surface area contributed by atoms with Crippen LogP contribution in [0.3, 0.4) is 0 Å². The number of phenolic OH excluding ortho intramolecular Hbond substituents is 1. The van der Waals surface area contributed by atoms with Crippen LogP contribution in [0, 0.1) is 5.82 Å². The van der Waals surface area contributed by atoms with Gasteiger partial charge in [0.15, 0.2) is 17.9 Å². The fourth-order valence-electron chi connectivity index (χ4n) is 1.48. The summed E-state index contributed by atoms with van der Waals surface area (Å²) < 4.78 is 18.4. The van der Waals surface area contributed by atoms with Crippen LogP contribution in [-0.2, 0) is 4.74 Å². The molecule has 0 saturated heterocycles. The molecule has 0 bridgehead atoms. The molecule has 0 aliphatic heterocycles. The molecule has 0 saturated carbocycles. The third-order valence-corrected chi connectivity index (χ3v) is 2.32. The average molecular weight is 295 g/mol. The van der Waals surface area contributed by atoms with E-state index in [4.69, 9.17) is 4.74 Å². The number of aromatic hydroxyl groups is 1. The van der Waals surface area contributed by atoms with Crippen molar-refractivity contribution in [2.45, 2.75) is 26.4 Å². The Kier molecular flexibility index (Phi) is 5.46. The quantitative estimate of drug-likeness (QED) is 0.837. The Labute approximate surface area is 122 Å². The van der Waals surface area contributed by atoms with Crippen molar-refractivity contribution in [3.8, 4) is 5.75 Å². The molecule has 1 aromatic rings. The average Bonchev–Trinajstić information content (AvgIpc) is 2.36. The molecule has 0 atom stereocenters. The monoisotopic (exact) mass is 295 g/mol. The predicted molar refractivity (Wildman–Crippen MR) is 76.7 cm³/mol. The lowest BCUT2D eigenvalue weighted by atomic mass is 10.1. The molecule has 6 heteroatoms. The third-order valence-electron chi connectivity index (χ3n) is 2.32. The Morgan fingerprint density at radius 2 is 2.10 bits per heavy atom. The van der Waals surface area contributed by atoms with Crippen LogP contribution >= 0.6 is 0 Å². The summed E-state index contributed by atoms with van der Waals surface area (Å²) in [5.74, 6) is -1.55. The highest BCUT2D eigenvalue weighted by Crippen LogP contribution is 2.22.